The van der Waals surface area contributed by atoms with Gasteiger partial charge in [0, 0.05) is 30.9 Å². The van der Waals surface area contributed by atoms with E-state index in [0.29, 0.717) is 6.54 Å². The summed E-state index contributed by atoms with van der Waals surface area (Å²) in [7, 11) is 0. The molecule has 0 aliphatic rings. The topological polar surface area (TPSA) is 45.2 Å². The lowest BCUT2D eigenvalue weighted by Gasteiger charge is -2.33. The molecule has 0 bridgehead atoms. The number of thiazole rings is 1. The first-order chi connectivity index (χ1) is 9.54. The molecule has 1 amide bonds. The number of hydrogen-bond donors (Lipinski definition) is 1. The van der Waals surface area contributed by atoms with Crippen LogP contribution >= 0.6 is 11.3 Å². The second-order valence-electron chi connectivity index (χ2n) is 7.36. The van der Waals surface area contributed by atoms with Gasteiger partial charge in [-0.15, -0.1) is 11.3 Å². The van der Waals surface area contributed by atoms with Crippen molar-refractivity contribution in [3.8, 4) is 0 Å². The number of aromatic nitrogens is 1. The van der Waals surface area contributed by atoms with Gasteiger partial charge in [-0.3, -0.25) is 9.69 Å². The van der Waals surface area contributed by atoms with Gasteiger partial charge in [0.25, 0.3) is 0 Å². The Kier molecular flexibility index (Phi) is 5.93. The maximum absolute atomic E-state index is 11.5. The highest BCUT2D eigenvalue weighted by Gasteiger charge is 2.25. The molecule has 0 spiro atoms. The first-order valence-electron chi connectivity index (χ1n) is 7.51. The first kappa shape index (κ1) is 18.1. The molecule has 21 heavy (non-hydrogen) atoms. The number of nitrogens with zero attached hydrogens (tertiary/aromatic N) is 2. The van der Waals surface area contributed by atoms with E-state index in [2.05, 4.69) is 44.9 Å². The Balaban J connectivity index is 2.65. The molecule has 0 fully saturated rings. The Hall–Kier alpha value is -0.940. The van der Waals surface area contributed by atoms with Crippen LogP contribution in [0, 0.1) is 5.41 Å². The summed E-state index contributed by atoms with van der Waals surface area (Å²) in [6.07, 6.45) is 1.09. The summed E-state index contributed by atoms with van der Waals surface area (Å²) in [5.74, 6) is 0.0411. The molecule has 1 rings (SSSR count). The lowest BCUT2D eigenvalue weighted by atomic mass is 9.82. The summed E-state index contributed by atoms with van der Waals surface area (Å²) in [6.45, 7) is 16.1. The molecule has 1 heterocycles. The fourth-order valence-electron chi connectivity index (χ4n) is 2.71. The monoisotopic (exact) mass is 311 g/mol. The van der Waals surface area contributed by atoms with Crippen molar-refractivity contribution in [2.24, 2.45) is 5.41 Å². The highest BCUT2D eigenvalue weighted by atomic mass is 32.1. The maximum atomic E-state index is 11.5. The smallest absolute Gasteiger partial charge is 0.225 e. The minimum atomic E-state index is 0.0411. The highest BCUT2D eigenvalue weighted by molar-refractivity contribution is 7.14. The quantitative estimate of drug-likeness (QED) is 0.868. The molecule has 0 aliphatic heterocycles. The summed E-state index contributed by atoms with van der Waals surface area (Å²) in [5, 5.41) is 6.39. The minimum absolute atomic E-state index is 0.0411. The van der Waals surface area contributed by atoms with Crippen molar-refractivity contribution in [3.63, 3.8) is 0 Å². The van der Waals surface area contributed by atoms with Gasteiger partial charge < -0.3 is 5.32 Å². The average Bonchev–Trinajstić information content (AvgIpc) is 2.72. The molecule has 4 nitrogen and oxygen atoms in total. The third kappa shape index (κ3) is 6.14. The van der Waals surface area contributed by atoms with Crippen LogP contribution in [0.4, 0.5) is 5.13 Å². The molecule has 0 saturated carbocycles. The third-order valence-electron chi connectivity index (χ3n) is 3.19. The second kappa shape index (κ2) is 6.88. The fraction of sp³-hybridized carbons (Fsp3) is 0.750. The second-order valence-corrected chi connectivity index (χ2v) is 8.20. The molecule has 0 saturated heterocycles. The summed E-state index contributed by atoms with van der Waals surface area (Å²) < 4.78 is 0. The van der Waals surface area contributed by atoms with Gasteiger partial charge in [0.2, 0.25) is 5.91 Å². The summed E-state index contributed by atoms with van der Waals surface area (Å²) in [5.41, 5.74) is 1.35. The summed E-state index contributed by atoms with van der Waals surface area (Å²) in [6, 6.07) is 0. The van der Waals surface area contributed by atoms with Crippen LogP contribution in [0.2, 0.25) is 0 Å². The van der Waals surface area contributed by atoms with Crippen molar-refractivity contribution in [3.05, 3.63) is 11.1 Å². The van der Waals surface area contributed by atoms with Gasteiger partial charge in [-0.2, -0.15) is 0 Å². The Bertz CT molecular complexity index is 474. The van der Waals surface area contributed by atoms with Crippen LogP contribution < -0.4 is 10.2 Å². The van der Waals surface area contributed by atoms with Crippen molar-refractivity contribution in [2.75, 3.05) is 11.4 Å². The van der Waals surface area contributed by atoms with Crippen molar-refractivity contribution >= 4 is 22.4 Å². The molecule has 0 aromatic carbocycles. The van der Waals surface area contributed by atoms with E-state index >= 15 is 0 Å². The predicted octanol–water partition coefficient (Wildman–Crippen LogP) is 3.82. The highest BCUT2D eigenvalue weighted by Crippen LogP contribution is 2.27. The molecule has 120 valence electrons. The Labute approximate surface area is 133 Å². The number of carbonyl (C=O) groups excluding carboxylic acids is 1. The molecular formula is C16H29N3OS. The standard InChI is InChI=1S/C16H29N3OS/c1-8-19(12(2)20)14-18-13(10-21-14)9-17-16(6,7)11-15(3,4)5/h10,17H,8-9,11H2,1-7H3. The number of rotatable bonds is 6. The van der Waals surface area contributed by atoms with Crippen LogP contribution in [0.3, 0.4) is 0 Å². The number of carbonyl (C=O) groups is 1. The van der Waals surface area contributed by atoms with E-state index in [-0.39, 0.29) is 16.9 Å². The molecule has 5 heteroatoms. The number of anilines is 1. The fourth-order valence-corrected chi connectivity index (χ4v) is 3.64. The Morgan fingerprint density at radius 1 is 1.33 bits per heavy atom. The first-order valence-corrected chi connectivity index (χ1v) is 8.39. The van der Waals surface area contributed by atoms with E-state index < -0.39 is 0 Å². The summed E-state index contributed by atoms with van der Waals surface area (Å²) in [4.78, 5) is 17.8. The zero-order valence-corrected chi connectivity index (χ0v) is 15.2. The average molecular weight is 311 g/mol. The summed E-state index contributed by atoms with van der Waals surface area (Å²) >= 11 is 1.53. The van der Waals surface area contributed by atoms with Crippen LogP contribution in [0.25, 0.3) is 0 Å². The normalized spacial score (nSPS) is 12.5. The van der Waals surface area contributed by atoms with Gasteiger partial charge in [0.1, 0.15) is 0 Å². The van der Waals surface area contributed by atoms with E-state index in [9.17, 15) is 4.79 Å². The largest absolute Gasteiger partial charge is 0.306 e. The van der Waals surface area contributed by atoms with Crippen molar-refractivity contribution in [1.29, 1.82) is 0 Å². The zero-order chi connectivity index (χ0) is 16.3. The van der Waals surface area contributed by atoms with Crippen LogP contribution in [0.1, 0.15) is 60.6 Å². The van der Waals surface area contributed by atoms with Gasteiger partial charge in [-0.05, 0) is 32.6 Å². The van der Waals surface area contributed by atoms with Crippen LogP contribution in [-0.4, -0.2) is 23.0 Å². The number of amides is 1. The lowest BCUT2D eigenvalue weighted by molar-refractivity contribution is -0.116. The van der Waals surface area contributed by atoms with Crippen molar-refractivity contribution < 1.29 is 4.79 Å². The van der Waals surface area contributed by atoms with E-state index in [0.717, 1.165) is 23.8 Å². The van der Waals surface area contributed by atoms with E-state index in [1.54, 1.807) is 11.8 Å². The number of nitrogens with one attached hydrogen (secondary N) is 1. The van der Waals surface area contributed by atoms with E-state index in [1.165, 1.54) is 11.3 Å². The van der Waals surface area contributed by atoms with E-state index in [1.807, 2.05) is 12.3 Å². The predicted molar refractivity (Wildman–Crippen MR) is 90.8 cm³/mol. The van der Waals surface area contributed by atoms with Gasteiger partial charge in [0.15, 0.2) is 5.13 Å². The maximum Gasteiger partial charge on any atom is 0.225 e. The van der Waals surface area contributed by atoms with Gasteiger partial charge in [-0.25, -0.2) is 4.98 Å². The third-order valence-corrected chi connectivity index (χ3v) is 4.10. The molecular weight excluding hydrogens is 282 g/mol. The van der Waals surface area contributed by atoms with E-state index in [4.69, 9.17) is 0 Å². The van der Waals surface area contributed by atoms with Gasteiger partial charge in [-0.1, -0.05) is 20.8 Å². The zero-order valence-electron chi connectivity index (χ0n) is 14.4. The molecule has 0 atom stereocenters. The lowest BCUT2D eigenvalue weighted by Crippen LogP contribution is -2.41. The van der Waals surface area contributed by atoms with Gasteiger partial charge in [0.05, 0.1) is 5.69 Å². The minimum Gasteiger partial charge on any atom is -0.306 e. The Morgan fingerprint density at radius 2 is 1.95 bits per heavy atom. The molecule has 0 unspecified atom stereocenters. The van der Waals surface area contributed by atoms with Crippen LogP contribution in [0.15, 0.2) is 5.38 Å². The van der Waals surface area contributed by atoms with Crippen molar-refractivity contribution in [2.45, 2.75) is 67.0 Å². The van der Waals surface area contributed by atoms with Gasteiger partial charge >= 0.3 is 0 Å². The molecule has 0 radical (unpaired) electrons. The molecule has 1 N–H and O–H groups in total. The van der Waals surface area contributed by atoms with Crippen LogP contribution in [0.5, 0.6) is 0 Å². The van der Waals surface area contributed by atoms with Crippen molar-refractivity contribution in [1.82, 2.24) is 10.3 Å². The number of hydrogen-bond acceptors (Lipinski definition) is 4. The van der Waals surface area contributed by atoms with Crippen LogP contribution in [-0.2, 0) is 11.3 Å². The molecule has 1 aromatic heterocycles. The SMILES string of the molecule is CCN(C(C)=O)c1nc(CNC(C)(C)CC(C)(C)C)cs1. The molecule has 0 aliphatic carbocycles. The Morgan fingerprint density at radius 3 is 2.43 bits per heavy atom. The molecule has 1 aromatic rings.